The highest BCUT2D eigenvalue weighted by molar-refractivity contribution is 5.33. The van der Waals surface area contributed by atoms with Crippen LogP contribution >= 0.6 is 0 Å². The molecule has 0 amide bonds. The fraction of sp³-hybridized carbons (Fsp3) is 0.111. The average Bonchev–Trinajstić information content (AvgIpc) is 2.29. The van der Waals surface area contributed by atoms with Crippen LogP contribution in [0.3, 0.4) is 0 Å². The van der Waals surface area contributed by atoms with Crippen molar-refractivity contribution in [2.24, 2.45) is 0 Å². The second-order valence-electron chi connectivity index (χ2n) is 2.84. The Bertz CT molecular complexity index is 475. The molecule has 82 valence electrons. The van der Waals surface area contributed by atoms with Crippen LogP contribution in [0.4, 0.5) is 11.9 Å². The van der Waals surface area contributed by atoms with Crippen molar-refractivity contribution in [1.82, 2.24) is 19.9 Å². The van der Waals surface area contributed by atoms with E-state index in [9.17, 15) is 0 Å². The van der Waals surface area contributed by atoms with Gasteiger partial charge in [0.15, 0.2) is 0 Å². The molecular weight excluding hydrogens is 208 g/mol. The van der Waals surface area contributed by atoms with E-state index in [-0.39, 0.29) is 12.0 Å². The molecule has 2 aromatic rings. The zero-order chi connectivity index (χ0) is 11.4. The third kappa shape index (κ3) is 2.32. The summed E-state index contributed by atoms with van der Waals surface area (Å²) in [5.41, 5.74) is 5.49. The van der Waals surface area contributed by atoms with E-state index < -0.39 is 0 Å². The number of hydrogen-bond donors (Lipinski definition) is 2. The van der Waals surface area contributed by atoms with Crippen LogP contribution in [0.15, 0.2) is 24.5 Å². The molecule has 0 aliphatic carbocycles. The third-order valence-corrected chi connectivity index (χ3v) is 1.70. The van der Waals surface area contributed by atoms with Gasteiger partial charge in [-0.2, -0.15) is 15.0 Å². The smallest absolute Gasteiger partial charge is 0.328 e. The molecule has 0 fully saturated rings. The van der Waals surface area contributed by atoms with Crippen molar-refractivity contribution in [3.8, 4) is 11.8 Å². The summed E-state index contributed by atoms with van der Waals surface area (Å²) in [5, 5.41) is 2.76. The molecule has 3 N–H and O–H groups in total. The molecule has 0 aliphatic rings. The van der Waals surface area contributed by atoms with Gasteiger partial charge in [-0.1, -0.05) is 0 Å². The molecular formula is C9H10N6O. The van der Waals surface area contributed by atoms with Crippen LogP contribution in [0.25, 0.3) is 0 Å². The number of nitrogens with one attached hydrogen (secondary N) is 1. The lowest BCUT2D eigenvalue weighted by atomic mass is 10.5. The second kappa shape index (κ2) is 4.39. The number of pyridine rings is 1. The van der Waals surface area contributed by atoms with Crippen molar-refractivity contribution in [1.29, 1.82) is 0 Å². The molecule has 7 heteroatoms. The Hall–Kier alpha value is -2.44. The molecule has 2 heterocycles. The molecule has 0 aliphatic heterocycles. The summed E-state index contributed by atoms with van der Waals surface area (Å²) < 4.78 is 5.36. The normalized spacial score (nSPS) is 9.81. The molecule has 7 nitrogen and oxygen atoms in total. The highest BCUT2D eigenvalue weighted by Crippen LogP contribution is 2.17. The van der Waals surface area contributed by atoms with Gasteiger partial charge in [0.25, 0.3) is 0 Å². The summed E-state index contributed by atoms with van der Waals surface area (Å²) in [6.45, 7) is 0. The minimum absolute atomic E-state index is 0.0956. The van der Waals surface area contributed by atoms with Crippen LogP contribution < -0.4 is 15.8 Å². The molecule has 0 bridgehead atoms. The first-order valence-corrected chi connectivity index (χ1v) is 4.55. The van der Waals surface area contributed by atoms with Crippen molar-refractivity contribution in [3.63, 3.8) is 0 Å². The Morgan fingerprint density at radius 3 is 2.88 bits per heavy atom. The van der Waals surface area contributed by atoms with Gasteiger partial charge in [0.2, 0.25) is 11.9 Å². The van der Waals surface area contributed by atoms with E-state index >= 15 is 0 Å². The number of nitrogens with zero attached hydrogens (tertiary/aromatic N) is 4. The van der Waals surface area contributed by atoms with Gasteiger partial charge in [-0.05, 0) is 12.1 Å². The molecule has 0 radical (unpaired) electrons. The van der Waals surface area contributed by atoms with E-state index in [1.807, 2.05) is 0 Å². The molecule has 16 heavy (non-hydrogen) atoms. The maximum Gasteiger partial charge on any atom is 0.328 e. The van der Waals surface area contributed by atoms with Crippen LogP contribution in [0.5, 0.6) is 11.8 Å². The molecule has 2 rings (SSSR count). The van der Waals surface area contributed by atoms with Gasteiger partial charge in [-0.15, -0.1) is 0 Å². The van der Waals surface area contributed by atoms with E-state index in [0.29, 0.717) is 11.7 Å². The van der Waals surface area contributed by atoms with Crippen molar-refractivity contribution in [2.75, 3.05) is 18.1 Å². The SMILES string of the molecule is CNc1nc(N)nc(Oc2cccnc2)n1. The second-order valence-corrected chi connectivity index (χ2v) is 2.84. The Morgan fingerprint density at radius 1 is 1.31 bits per heavy atom. The largest absolute Gasteiger partial charge is 0.422 e. The summed E-state index contributed by atoms with van der Waals surface area (Å²) in [5.74, 6) is 0.986. The standard InChI is InChI=1S/C9H10N6O/c1-11-8-13-7(10)14-9(15-8)16-6-3-2-4-12-5-6/h2-5H,1H3,(H3,10,11,13,14,15). The highest BCUT2D eigenvalue weighted by Gasteiger charge is 2.05. The summed E-state index contributed by atoms with van der Waals surface area (Å²) >= 11 is 0. The first kappa shape index (κ1) is 10.1. The minimum Gasteiger partial charge on any atom is -0.422 e. The monoisotopic (exact) mass is 218 g/mol. The first-order valence-electron chi connectivity index (χ1n) is 4.55. The predicted molar refractivity (Wildman–Crippen MR) is 58.1 cm³/mol. The Kier molecular flexibility index (Phi) is 2.77. The maximum absolute atomic E-state index is 5.49. The predicted octanol–water partition coefficient (Wildman–Crippen LogP) is 0.683. The fourth-order valence-electron chi connectivity index (χ4n) is 1.04. The number of hydrogen-bond acceptors (Lipinski definition) is 7. The van der Waals surface area contributed by atoms with Gasteiger partial charge in [-0.3, -0.25) is 4.98 Å². The lowest BCUT2D eigenvalue weighted by Gasteiger charge is -2.04. The quantitative estimate of drug-likeness (QED) is 0.781. The van der Waals surface area contributed by atoms with E-state index in [1.54, 1.807) is 31.6 Å². The summed E-state index contributed by atoms with van der Waals surface area (Å²) in [4.78, 5) is 15.6. The summed E-state index contributed by atoms with van der Waals surface area (Å²) in [7, 11) is 1.68. The maximum atomic E-state index is 5.49. The van der Waals surface area contributed by atoms with Crippen LogP contribution in [-0.2, 0) is 0 Å². The topological polar surface area (TPSA) is 98.8 Å². The van der Waals surface area contributed by atoms with Gasteiger partial charge in [0.05, 0.1) is 6.20 Å². The molecule has 0 unspecified atom stereocenters. The van der Waals surface area contributed by atoms with Gasteiger partial charge in [0.1, 0.15) is 5.75 Å². The van der Waals surface area contributed by atoms with Crippen LogP contribution in [0.2, 0.25) is 0 Å². The molecule has 0 saturated heterocycles. The van der Waals surface area contributed by atoms with Crippen molar-refractivity contribution in [2.45, 2.75) is 0 Å². The Balaban J connectivity index is 2.24. The molecule has 0 aromatic carbocycles. The zero-order valence-electron chi connectivity index (χ0n) is 8.58. The van der Waals surface area contributed by atoms with Gasteiger partial charge < -0.3 is 15.8 Å². The van der Waals surface area contributed by atoms with E-state index in [1.165, 1.54) is 0 Å². The van der Waals surface area contributed by atoms with E-state index in [0.717, 1.165) is 0 Å². The van der Waals surface area contributed by atoms with E-state index in [4.69, 9.17) is 10.5 Å². The van der Waals surface area contributed by atoms with Gasteiger partial charge in [-0.25, -0.2) is 0 Å². The van der Waals surface area contributed by atoms with Gasteiger partial charge >= 0.3 is 6.01 Å². The fourth-order valence-corrected chi connectivity index (χ4v) is 1.04. The van der Waals surface area contributed by atoms with Crippen LogP contribution in [0, 0.1) is 0 Å². The lowest BCUT2D eigenvalue weighted by Crippen LogP contribution is -2.04. The number of anilines is 2. The van der Waals surface area contributed by atoms with Crippen molar-refractivity contribution < 1.29 is 4.74 Å². The van der Waals surface area contributed by atoms with Crippen LogP contribution in [-0.4, -0.2) is 27.0 Å². The van der Waals surface area contributed by atoms with Crippen molar-refractivity contribution in [3.05, 3.63) is 24.5 Å². The summed E-state index contributed by atoms with van der Waals surface area (Å²) in [6, 6.07) is 3.62. The zero-order valence-corrected chi connectivity index (χ0v) is 8.58. The Morgan fingerprint density at radius 2 is 2.19 bits per heavy atom. The highest BCUT2D eigenvalue weighted by atomic mass is 16.5. The molecule has 0 saturated carbocycles. The first-order chi connectivity index (χ1) is 7.78. The number of nitrogen functional groups attached to an aromatic ring is 1. The minimum atomic E-state index is 0.0956. The summed E-state index contributed by atoms with van der Waals surface area (Å²) in [6.07, 6.45) is 3.20. The molecule has 0 spiro atoms. The lowest BCUT2D eigenvalue weighted by molar-refractivity contribution is 0.439. The van der Waals surface area contributed by atoms with Crippen LogP contribution in [0.1, 0.15) is 0 Å². The molecule has 2 aromatic heterocycles. The number of aromatic nitrogens is 4. The average molecular weight is 218 g/mol. The van der Waals surface area contributed by atoms with E-state index in [2.05, 4.69) is 25.3 Å². The molecule has 0 atom stereocenters. The number of ether oxygens (including phenoxy) is 1. The van der Waals surface area contributed by atoms with Gasteiger partial charge in [0, 0.05) is 13.2 Å². The third-order valence-electron chi connectivity index (χ3n) is 1.70. The Labute approximate surface area is 91.7 Å². The van der Waals surface area contributed by atoms with Crippen molar-refractivity contribution >= 4 is 11.9 Å². The number of rotatable bonds is 3. The number of nitrogens with two attached hydrogens (primary N) is 1.